The van der Waals surface area contributed by atoms with Gasteiger partial charge in [-0.25, -0.2) is 0 Å². The molecule has 1 aliphatic heterocycles. The molecular weight excluding hydrogens is 212 g/mol. The van der Waals surface area contributed by atoms with Crippen molar-refractivity contribution in [1.82, 2.24) is 10.2 Å². The standard InChI is InChI=1S/C14H26N2O/c1-11(2)16(13-7-3-4-8-13)14(17)12-6-5-9-15-10-12/h11-13,15H,3-10H2,1-2H3. The third kappa shape index (κ3) is 3.01. The molecule has 1 heterocycles. The summed E-state index contributed by atoms with van der Waals surface area (Å²) in [4.78, 5) is 14.8. The highest BCUT2D eigenvalue weighted by Crippen LogP contribution is 2.27. The fourth-order valence-electron chi connectivity index (χ4n) is 3.31. The van der Waals surface area contributed by atoms with Gasteiger partial charge in [-0.2, -0.15) is 0 Å². The van der Waals surface area contributed by atoms with E-state index in [0.717, 1.165) is 25.9 Å². The molecular formula is C14H26N2O. The monoisotopic (exact) mass is 238 g/mol. The van der Waals surface area contributed by atoms with Crippen LogP contribution in [0.15, 0.2) is 0 Å². The Labute approximate surface area is 105 Å². The van der Waals surface area contributed by atoms with Crippen molar-refractivity contribution in [2.24, 2.45) is 5.92 Å². The van der Waals surface area contributed by atoms with Crippen LogP contribution in [-0.4, -0.2) is 36.0 Å². The second-order valence-electron chi connectivity index (χ2n) is 5.82. The first-order chi connectivity index (χ1) is 8.20. The van der Waals surface area contributed by atoms with Crippen LogP contribution in [0.4, 0.5) is 0 Å². The molecule has 2 fully saturated rings. The number of carbonyl (C=O) groups excluding carboxylic acids is 1. The molecule has 1 atom stereocenters. The molecule has 98 valence electrons. The molecule has 0 aromatic heterocycles. The molecule has 0 aromatic carbocycles. The van der Waals surface area contributed by atoms with Crippen molar-refractivity contribution in [3.8, 4) is 0 Å². The average Bonchev–Trinajstić information content (AvgIpc) is 2.83. The van der Waals surface area contributed by atoms with Gasteiger partial charge in [0, 0.05) is 18.6 Å². The van der Waals surface area contributed by atoms with Gasteiger partial charge in [-0.05, 0) is 46.1 Å². The molecule has 1 amide bonds. The molecule has 0 bridgehead atoms. The van der Waals surface area contributed by atoms with Crippen molar-refractivity contribution in [3.63, 3.8) is 0 Å². The van der Waals surface area contributed by atoms with E-state index in [4.69, 9.17) is 0 Å². The molecule has 1 unspecified atom stereocenters. The largest absolute Gasteiger partial charge is 0.337 e. The van der Waals surface area contributed by atoms with Crippen LogP contribution < -0.4 is 5.32 Å². The zero-order chi connectivity index (χ0) is 12.3. The second kappa shape index (κ2) is 5.85. The Hall–Kier alpha value is -0.570. The van der Waals surface area contributed by atoms with Gasteiger partial charge in [-0.1, -0.05) is 12.8 Å². The zero-order valence-corrected chi connectivity index (χ0v) is 11.2. The number of carbonyl (C=O) groups is 1. The number of hydrogen-bond donors (Lipinski definition) is 1. The normalized spacial score (nSPS) is 26.4. The predicted octanol–water partition coefficient (Wildman–Crippen LogP) is 2.17. The Bertz CT molecular complexity index is 253. The number of amides is 1. The van der Waals surface area contributed by atoms with Crippen molar-refractivity contribution in [2.75, 3.05) is 13.1 Å². The van der Waals surface area contributed by atoms with E-state index in [1.807, 2.05) is 0 Å². The molecule has 17 heavy (non-hydrogen) atoms. The Morgan fingerprint density at radius 2 is 1.88 bits per heavy atom. The van der Waals surface area contributed by atoms with Gasteiger partial charge >= 0.3 is 0 Å². The molecule has 0 radical (unpaired) electrons. The topological polar surface area (TPSA) is 32.3 Å². The van der Waals surface area contributed by atoms with Gasteiger partial charge < -0.3 is 10.2 Å². The van der Waals surface area contributed by atoms with Crippen molar-refractivity contribution in [3.05, 3.63) is 0 Å². The van der Waals surface area contributed by atoms with E-state index >= 15 is 0 Å². The summed E-state index contributed by atoms with van der Waals surface area (Å²) in [5, 5.41) is 3.35. The molecule has 1 saturated carbocycles. The second-order valence-corrected chi connectivity index (χ2v) is 5.82. The lowest BCUT2D eigenvalue weighted by Gasteiger charge is -2.36. The molecule has 3 heteroatoms. The first-order valence-corrected chi connectivity index (χ1v) is 7.23. The number of nitrogens with zero attached hydrogens (tertiary/aromatic N) is 1. The number of nitrogens with one attached hydrogen (secondary N) is 1. The van der Waals surface area contributed by atoms with Crippen LogP contribution in [0.2, 0.25) is 0 Å². The van der Waals surface area contributed by atoms with Crippen molar-refractivity contribution in [1.29, 1.82) is 0 Å². The van der Waals surface area contributed by atoms with E-state index in [1.165, 1.54) is 25.7 Å². The Kier molecular flexibility index (Phi) is 4.43. The van der Waals surface area contributed by atoms with E-state index in [-0.39, 0.29) is 5.92 Å². The first kappa shape index (κ1) is 12.9. The Morgan fingerprint density at radius 1 is 1.18 bits per heavy atom. The summed E-state index contributed by atoms with van der Waals surface area (Å²) in [6.45, 7) is 6.28. The minimum Gasteiger partial charge on any atom is -0.337 e. The van der Waals surface area contributed by atoms with Gasteiger partial charge in [0.25, 0.3) is 0 Å². The quantitative estimate of drug-likeness (QED) is 0.817. The minimum absolute atomic E-state index is 0.228. The summed E-state index contributed by atoms with van der Waals surface area (Å²) in [5.74, 6) is 0.630. The van der Waals surface area contributed by atoms with Crippen molar-refractivity contribution >= 4 is 5.91 Å². The molecule has 1 saturated heterocycles. The molecule has 2 rings (SSSR count). The molecule has 0 spiro atoms. The summed E-state index contributed by atoms with van der Waals surface area (Å²) in [6, 6.07) is 0.872. The van der Waals surface area contributed by atoms with E-state index in [9.17, 15) is 4.79 Å². The smallest absolute Gasteiger partial charge is 0.227 e. The summed E-state index contributed by atoms with van der Waals surface area (Å²) in [7, 11) is 0. The lowest BCUT2D eigenvalue weighted by atomic mass is 9.96. The molecule has 2 aliphatic rings. The minimum atomic E-state index is 0.228. The predicted molar refractivity (Wildman–Crippen MR) is 69.8 cm³/mol. The highest BCUT2D eigenvalue weighted by molar-refractivity contribution is 5.79. The highest BCUT2D eigenvalue weighted by atomic mass is 16.2. The highest BCUT2D eigenvalue weighted by Gasteiger charge is 2.33. The Balaban J connectivity index is 2.01. The molecule has 1 N–H and O–H groups in total. The van der Waals surface area contributed by atoms with Crippen molar-refractivity contribution in [2.45, 2.75) is 64.5 Å². The lowest BCUT2D eigenvalue weighted by Crippen LogP contribution is -2.49. The van der Waals surface area contributed by atoms with Gasteiger partial charge in [-0.3, -0.25) is 4.79 Å². The van der Waals surface area contributed by atoms with Gasteiger partial charge in [0.05, 0.1) is 5.92 Å². The summed E-state index contributed by atoms with van der Waals surface area (Å²) in [6.07, 6.45) is 7.23. The maximum atomic E-state index is 12.6. The van der Waals surface area contributed by atoms with E-state index in [1.54, 1.807) is 0 Å². The SMILES string of the molecule is CC(C)N(C(=O)C1CCCNC1)C1CCCC1. The fourth-order valence-corrected chi connectivity index (χ4v) is 3.31. The van der Waals surface area contributed by atoms with Gasteiger partial charge in [0.2, 0.25) is 5.91 Å². The fraction of sp³-hybridized carbons (Fsp3) is 0.929. The van der Waals surface area contributed by atoms with E-state index < -0.39 is 0 Å². The maximum Gasteiger partial charge on any atom is 0.227 e. The zero-order valence-electron chi connectivity index (χ0n) is 11.2. The first-order valence-electron chi connectivity index (χ1n) is 7.23. The molecule has 3 nitrogen and oxygen atoms in total. The third-order valence-corrected chi connectivity index (χ3v) is 4.18. The number of hydrogen-bond acceptors (Lipinski definition) is 2. The van der Waals surface area contributed by atoms with Gasteiger partial charge in [-0.15, -0.1) is 0 Å². The number of rotatable bonds is 3. The van der Waals surface area contributed by atoms with Gasteiger partial charge in [0.15, 0.2) is 0 Å². The van der Waals surface area contributed by atoms with Crippen LogP contribution >= 0.6 is 0 Å². The molecule has 1 aliphatic carbocycles. The molecule has 0 aromatic rings. The maximum absolute atomic E-state index is 12.6. The summed E-state index contributed by atoms with van der Waals surface area (Å²) >= 11 is 0. The lowest BCUT2D eigenvalue weighted by molar-refractivity contribution is -0.140. The summed E-state index contributed by atoms with van der Waals surface area (Å²) in [5.41, 5.74) is 0. The van der Waals surface area contributed by atoms with Crippen LogP contribution in [0, 0.1) is 5.92 Å². The van der Waals surface area contributed by atoms with Gasteiger partial charge in [0.1, 0.15) is 0 Å². The average molecular weight is 238 g/mol. The third-order valence-electron chi connectivity index (χ3n) is 4.18. The van der Waals surface area contributed by atoms with Crippen molar-refractivity contribution < 1.29 is 4.79 Å². The van der Waals surface area contributed by atoms with Crippen LogP contribution in [-0.2, 0) is 4.79 Å². The number of piperidine rings is 1. The van der Waals surface area contributed by atoms with Crippen LogP contribution in [0.25, 0.3) is 0 Å². The van der Waals surface area contributed by atoms with Crippen LogP contribution in [0.1, 0.15) is 52.4 Å². The van der Waals surface area contributed by atoms with Crippen LogP contribution in [0.3, 0.4) is 0 Å². The van der Waals surface area contributed by atoms with E-state index in [2.05, 4.69) is 24.1 Å². The Morgan fingerprint density at radius 3 is 2.41 bits per heavy atom. The van der Waals surface area contributed by atoms with E-state index in [0.29, 0.717) is 18.0 Å². The summed E-state index contributed by atoms with van der Waals surface area (Å²) < 4.78 is 0. The van der Waals surface area contributed by atoms with Crippen LogP contribution in [0.5, 0.6) is 0 Å².